The van der Waals surface area contributed by atoms with E-state index in [2.05, 4.69) is 11.7 Å². The fourth-order valence-electron chi connectivity index (χ4n) is 1.34. The van der Waals surface area contributed by atoms with Crippen molar-refractivity contribution in [3.63, 3.8) is 0 Å². The Morgan fingerprint density at radius 2 is 2.18 bits per heavy atom. The lowest BCUT2D eigenvalue weighted by atomic mass is 10.1. The summed E-state index contributed by atoms with van der Waals surface area (Å²) in [4.78, 5) is 22.2. The second-order valence-corrected chi connectivity index (χ2v) is 3.57. The summed E-state index contributed by atoms with van der Waals surface area (Å²) < 4.78 is 10.1. The molecule has 0 amide bonds. The van der Waals surface area contributed by atoms with Crippen LogP contribution in [0.4, 0.5) is 0 Å². The summed E-state index contributed by atoms with van der Waals surface area (Å²) in [7, 11) is 1.30. The summed E-state index contributed by atoms with van der Waals surface area (Å²) in [5, 5.41) is 0. The van der Waals surface area contributed by atoms with E-state index in [1.165, 1.54) is 13.2 Å². The molecule has 0 aliphatic heterocycles. The normalized spacial score (nSPS) is 9.76. The largest absolute Gasteiger partial charge is 0.493 e. The molecule has 0 unspecified atom stereocenters. The average Bonchev–Trinajstić information content (AvgIpc) is 2.38. The van der Waals surface area contributed by atoms with Crippen molar-refractivity contribution in [2.45, 2.75) is 19.8 Å². The molecule has 0 saturated heterocycles. The Labute approximate surface area is 101 Å². The summed E-state index contributed by atoms with van der Waals surface area (Å²) in [6.45, 7) is 2.60. The van der Waals surface area contributed by atoms with Gasteiger partial charge >= 0.3 is 5.97 Å². The van der Waals surface area contributed by atoms with Crippen LogP contribution in [0, 0.1) is 0 Å². The summed E-state index contributed by atoms with van der Waals surface area (Å²) in [5.41, 5.74) is 0.710. The van der Waals surface area contributed by atoms with Gasteiger partial charge in [0.05, 0.1) is 13.7 Å². The summed E-state index contributed by atoms with van der Waals surface area (Å²) >= 11 is 0. The van der Waals surface area contributed by atoms with E-state index in [4.69, 9.17) is 4.74 Å². The molecule has 0 spiro atoms. The zero-order chi connectivity index (χ0) is 12.7. The average molecular weight is 236 g/mol. The highest BCUT2D eigenvalue weighted by Crippen LogP contribution is 2.21. The van der Waals surface area contributed by atoms with E-state index in [-0.39, 0.29) is 5.56 Å². The summed E-state index contributed by atoms with van der Waals surface area (Å²) in [6, 6.07) is 4.70. The molecule has 1 aromatic rings. The van der Waals surface area contributed by atoms with Crippen molar-refractivity contribution in [1.82, 2.24) is 0 Å². The van der Waals surface area contributed by atoms with Crippen molar-refractivity contribution in [2.75, 3.05) is 13.7 Å². The van der Waals surface area contributed by atoms with Crippen LogP contribution < -0.4 is 4.74 Å². The van der Waals surface area contributed by atoms with Crippen LogP contribution in [0.2, 0.25) is 0 Å². The number of benzene rings is 1. The maximum atomic E-state index is 11.5. The minimum atomic E-state index is -0.500. The number of carbonyl (C=O) groups excluding carboxylic acids is 2. The molecule has 0 atom stereocenters. The zero-order valence-corrected chi connectivity index (χ0v) is 10.1. The monoisotopic (exact) mass is 236 g/mol. The van der Waals surface area contributed by atoms with Gasteiger partial charge in [0.2, 0.25) is 0 Å². The molecule has 4 nitrogen and oxygen atoms in total. The highest BCUT2D eigenvalue weighted by Gasteiger charge is 2.13. The van der Waals surface area contributed by atoms with Gasteiger partial charge < -0.3 is 9.47 Å². The molecule has 17 heavy (non-hydrogen) atoms. The van der Waals surface area contributed by atoms with Crippen molar-refractivity contribution in [1.29, 1.82) is 0 Å². The Kier molecular flexibility index (Phi) is 5.20. The van der Waals surface area contributed by atoms with E-state index >= 15 is 0 Å². The quantitative estimate of drug-likeness (QED) is 0.432. The number of unbranched alkanes of at least 4 members (excludes halogenated alkanes) is 1. The lowest BCUT2D eigenvalue weighted by molar-refractivity contribution is 0.0596. The number of esters is 1. The Morgan fingerprint density at radius 3 is 2.76 bits per heavy atom. The SMILES string of the molecule is CCCCOc1ccc(C=O)cc1C(=O)OC. The predicted octanol–water partition coefficient (Wildman–Crippen LogP) is 2.46. The lowest BCUT2D eigenvalue weighted by Gasteiger charge is -2.10. The van der Waals surface area contributed by atoms with Gasteiger partial charge in [-0.15, -0.1) is 0 Å². The zero-order valence-electron chi connectivity index (χ0n) is 10.1. The maximum Gasteiger partial charge on any atom is 0.341 e. The van der Waals surface area contributed by atoms with Crippen LogP contribution in [0.15, 0.2) is 18.2 Å². The van der Waals surface area contributed by atoms with Crippen molar-refractivity contribution in [2.24, 2.45) is 0 Å². The first-order chi connectivity index (χ1) is 8.22. The van der Waals surface area contributed by atoms with Crippen LogP contribution in [-0.2, 0) is 4.74 Å². The first-order valence-corrected chi connectivity index (χ1v) is 5.53. The second-order valence-electron chi connectivity index (χ2n) is 3.57. The van der Waals surface area contributed by atoms with E-state index in [9.17, 15) is 9.59 Å². The van der Waals surface area contributed by atoms with E-state index in [1.54, 1.807) is 12.1 Å². The van der Waals surface area contributed by atoms with Crippen LogP contribution in [0.1, 0.15) is 40.5 Å². The van der Waals surface area contributed by atoms with Crippen LogP contribution in [0.3, 0.4) is 0 Å². The number of hydrogen-bond acceptors (Lipinski definition) is 4. The number of ether oxygens (including phenoxy) is 2. The molecule has 0 heterocycles. The Balaban J connectivity index is 2.93. The third-order valence-corrected chi connectivity index (χ3v) is 2.30. The highest BCUT2D eigenvalue weighted by molar-refractivity contribution is 5.94. The Morgan fingerprint density at radius 1 is 1.41 bits per heavy atom. The first-order valence-electron chi connectivity index (χ1n) is 5.53. The van der Waals surface area contributed by atoms with E-state index in [0.717, 1.165) is 12.8 Å². The lowest BCUT2D eigenvalue weighted by Crippen LogP contribution is -2.07. The smallest absolute Gasteiger partial charge is 0.341 e. The standard InChI is InChI=1S/C13H16O4/c1-3-4-7-17-12-6-5-10(9-14)8-11(12)13(15)16-2/h5-6,8-9H,3-4,7H2,1-2H3. The molecule has 0 aliphatic carbocycles. The molecule has 4 heteroatoms. The molecule has 1 rings (SSSR count). The fourth-order valence-corrected chi connectivity index (χ4v) is 1.34. The van der Waals surface area contributed by atoms with Crippen molar-refractivity contribution in [3.8, 4) is 5.75 Å². The van der Waals surface area contributed by atoms with Crippen molar-refractivity contribution >= 4 is 12.3 Å². The minimum absolute atomic E-state index is 0.285. The minimum Gasteiger partial charge on any atom is -0.493 e. The topological polar surface area (TPSA) is 52.6 Å². The summed E-state index contributed by atoms with van der Waals surface area (Å²) in [6.07, 6.45) is 2.61. The third kappa shape index (κ3) is 3.59. The molecule has 1 aromatic carbocycles. The van der Waals surface area contributed by atoms with Gasteiger partial charge in [0.25, 0.3) is 0 Å². The van der Waals surface area contributed by atoms with Gasteiger partial charge in [0, 0.05) is 5.56 Å². The molecule has 0 N–H and O–H groups in total. The van der Waals surface area contributed by atoms with Gasteiger partial charge in [-0.05, 0) is 24.6 Å². The molecule has 0 radical (unpaired) electrons. The molecular weight excluding hydrogens is 220 g/mol. The first kappa shape index (κ1) is 13.2. The van der Waals surface area contributed by atoms with Crippen LogP contribution in [0.25, 0.3) is 0 Å². The van der Waals surface area contributed by atoms with Crippen molar-refractivity contribution in [3.05, 3.63) is 29.3 Å². The van der Waals surface area contributed by atoms with Gasteiger partial charge in [-0.25, -0.2) is 4.79 Å². The van der Waals surface area contributed by atoms with Crippen LogP contribution >= 0.6 is 0 Å². The van der Waals surface area contributed by atoms with Gasteiger partial charge in [-0.1, -0.05) is 13.3 Å². The maximum absolute atomic E-state index is 11.5. The molecule has 0 aromatic heterocycles. The number of methoxy groups -OCH3 is 1. The summed E-state index contributed by atoms with van der Waals surface area (Å²) in [5.74, 6) is -0.0453. The molecular formula is C13H16O4. The number of aldehydes is 1. The Hall–Kier alpha value is -1.84. The molecule has 92 valence electrons. The second kappa shape index (κ2) is 6.68. The molecule has 0 bridgehead atoms. The van der Waals surface area contributed by atoms with E-state index < -0.39 is 5.97 Å². The highest BCUT2D eigenvalue weighted by atomic mass is 16.5. The van der Waals surface area contributed by atoms with Crippen LogP contribution in [-0.4, -0.2) is 26.0 Å². The van der Waals surface area contributed by atoms with Gasteiger partial charge in [-0.2, -0.15) is 0 Å². The van der Waals surface area contributed by atoms with E-state index in [1.807, 2.05) is 0 Å². The Bertz CT molecular complexity index is 398. The number of rotatable bonds is 6. The van der Waals surface area contributed by atoms with Crippen molar-refractivity contribution < 1.29 is 19.1 Å². The van der Waals surface area contributed by atoms with Gasteiger partial charge in [0.1, 0.15) is 17.6 Å². The van der Waals surface area contributed by atoms with Crippen LogP contribution in [0.5, 0.6) is 5.75 Å². The predicted molar refractivity (Wildman–Crippen MR) is 63.6 cm³/mol. The van der Waals surface area contributed by atoms with Gasteiger partial charge in [0.15, 0.2) is 0 Å². The fraction of sp³-hybridized carbons (Fsp3) is 0.385. The molecule has 0 aliphatic rings. The number of carbonyl (C=O) groups is 2. The van der Waals surface area contributed by atoms with Gasteiger partial charge in [-0.3, -0.25) is 4.79 Å². The third-order valence-electron chi connectivity index (χ3n) is 2.30. The molecule has 0 fully saturated rings. The molecule has 0 saturated carbocycles. The number of hydrogen-bond donors (Lipinski definition) is 0. The van der Waals surface area contributed by atoms with E-state index in [0.29, 0.717) is 24.2 Å².